The number of rotatable bonds is 5. The molecular weight excluding hydrogens is 375 g/mol. The smallest absolute Gasteiger partial charge is 0.256 e. The summed E-state index contributed by atoms with van der Waals surface area (Å²) in [6, 6.07) is 15.3. The molecule has 0 radical (unpaired) electrons. The molecule has 0 spiro atoms. The van der Waals surface area contributed by atoms with Crippen LogP contribution in [0.3, 0.4) is 0 Å². The lowest BCUT2D eigenvalue weighted by molar-refractivity contribution is 0.102. The van der Waals surface area contributed by atoms with Crippen LogP contribution in [0, 0.1) is 0 Å². The average Bonchev–Trinajstić information content (AvgIpc) is 2.66. The predicted molar refractivity (Wildman–Crippen MR) is 103 cm³/mol. The Labute approximate surface area is 160 Å². The second-order valence-corrected chi connectivity index (χ2v) is 6.03. The van der Waals surface area contributed by atoms with E-state index in [1.165, 1.54) is 0 Å². The Bertz CT molecular complexity index is 912. The van der Waals surface area contributed by atoms with Crippen LogP contribution < -0.4 is 15.4 Å². The lowest BCUT2D eigenvalue weighted by atomic mass is 10.2. The first kappa shape index (κ1) is 18.0. The number of amides is 1. The zero-order valence-corrected chi connectivity index (χ0v) is 15.2. The molecule has 0 atom stereocenters. The van der Waals surface area contributed by atoms with Crippen molar-refractivity contribution in [2.75, 3.05) is 17.7 Å². The number of para-hydroxylation sites is 1. The standard InChI is InChI=1S/C18H14Cl2N4O2/c1-26-12-5-2-4-11(10-12)18(25)22-16-9-8-15(23-24-16)21-17-13(19)6-3-7-14(17)20/h2-10H,1H3,(H,21,23)(H,22,24,25). The van der Waals surface area contributed by atoms with Crippen LogP contribution in [0.25, 0.3) is 0 Å². The summed E-state index contributed by atoms with van der Waals surface area (Å²) in [5.74, 6) is 1.04. The Hall–Kier alpha value is -2.83. The van der Waals surface area contributed by atoms with Crippen LogP contribution in [0.1, 0.15) is 10.4 Å². The van der Waals surface area contributed by atoms with Gasteiger partial charge >= 0.3 is 0 Å². The van der Waals surface area contributed by atoms with E-state index in [0.29, 0.717) is 38.7 Å². The third-order valence-electron chi connectivity index (χ3n) is 3.45. The molecule has 3 rings (SSSR count). The minimum Gasteiger partial charge on any atom is -0.497 e. The minimum atomic E-state index is -0.312. The highest BCUT2D eigenvalue weighted by Crippen LogP contribution is 2.31. The van der Waals surface area contributed by atoms with Crippen molar-refractivity contribution >= 4 is 46.4 Å². The van der Waals surface area contributed by atoms with Gasteiger partial charge in [-0.3, -0.25) is 4.79 Å². The molecule has 3 aromatic rings. The molecule has 2 N–H and O–H groups in total. The van der Waals surface area contributed by atoms with Crippen molar-refractivity contribution in [2.24, 2.45) is 0 Å². The molecule has 1 aromatic heterocycles. The topological polar surface area (TPSA) is 76.1 Å². The van der Waals surface area contributed by atoms with Gasteiger partial charge in [0.15, 0.2) is 11.6 Å². The highest BCUT2D eigenvalue weighted by atomic mass is 35.5. The van der Waals surface area contributed by atoms with Crippen LogP contribution in [0.15, 0.2) is 54.6 Å². The van der Waals surface area contributed by atoms with Gasteiger partial charge in [0.05, 0.1) is 22.8 Å². The number of halogens is 2. The molecule has 0 bridgehead atoms. The summed E-state index contributed by atoms with van der Waals surface area (Å²) in [6.07, 6.45) is 0. The molecule has 0 fully saturated rings. The van der Waals surface area contributed by atoms with E-state index in [2.05, 4.69) is 20.8 Å². The molecular formula is C18H14Cl2N4O2. The van der Waals surface area contributed by atoms with Crippen LogP contribution in [-0.4, -0.2) is 23.2 Å². The number of hydrogen-bond acceptors (Lipinski definition) is 5. The highest BCUT2D eigenvalue weighted by molar-refractivity contribution is 6.39. The number of carbonyl (C=O) groups is 1. The maximum Gasteiger partial charge on any atom is 0.256 e. The molecule has 1 amide bonds. The van der Waals surface area contributed by atoms with E-state index >= 15 is 0 Å². The molecule has 26 heavy (non-hydrogen) atoms. The number of aromatic nitrogens is 2. The Morgan fingerprint density at radius 1 is 0.962 bits per heavy atom. The monoisotopic (exact) mass is 388 g/mol. The van der Waals surface area contributed by atoms with E-state index in [9.17, 15) is 4.79 Å². The molecule has 0 aliphatic rings. The van der Waals surface area contributed by atoms with Gasteiger partial charge in [0, 0.05) is 5.56 Å². The Morgan fingerprint density at radius 3 is 2.27 bits per heavy atom. The lowest BCUT2D eigenvalue weighted by Gasteiger charge is -2.10. The van der Waals surface area contributed by atoms with Gasteiger partial charge in [-0.05, 0) is 42.5 Å². The van der Waals surface area contributed by atoms with Crippen molar-refractivity contribution in [1.82, 2.24) is 10.2 Å². The van der Waals surface area contributed by atoms with Gasteiger partial charge < -0.3 is 15.4 Å². The maximum atomic E-state index is 12.3. The fraction of sp³-hybridized carbons (Fsp3) is 0.0556. The molecule has 1 heterocycles. The SMILES string of the molecule is COc1cccc(C(=O)Nc2ccc(Nc3c(Cl)cccc3Cl)nn2)c1. The van der Waals surface area contributed by atoms with Crippen molar-refractivity contribution in [2.45, 2.75) is 0 Å². The van der Waals surface area contributed by atoms with Gasteiger partial charge in [0.2, 0.25) is 0 Å². The van der Waals surface area contributed by atoms with Crippen LogP contribution in [-0.2, 0) is 0 Å². The zero-order chi connectivity index (χ0) is 18.5. The largest absolute Gasteiger partial charge is 0.497 e. The van der Waals surface area contributed by atoms with Crippen molar-refractivity contribution in [3.8, 4) is 5.75 Å². The van der Waals surface area contributed by atoms with Crippen LogP contribution in [0.2, 0.25) is 10.0 Å². The number of benzene rings is 2. The second kappa shape index (κ2) is 8.03. The zero-order valence-electron chi connectivity index (χ0n) is 13.7. The van der Waals surface area contributed by atoms with Gasteiger partial charge in [-0.2, -0.15) is 0 Å². The Morgan fingerprint density at radius 2 is 1.62 bits per heavy atom. The maximum absolute atomic E-state index is 12.3. The van der Waals surface area contributed by atoms with Crippen LogP contribution in [0.5, 0.6) is 5.75 Å². The summed E-state index contributed by atoms with van der Waals surface area (Å²) < 4.78 is 5.11. The molecule has 0 saturated carbocycles. The van der Waals surface area contributed by atoms with E-state index in [4.69, 9.17) is 27.9 Å². The summed E-state index contributed by atoms with van der Waals surface area (Å²) in [5.41, 5.74) is 0.995. The van der Waals surface area contributed by atoms with Gasteiger partial charge in [-0.15, -0.1) is 10.2 Å². The highest BCUT2D eigenvalue weighted by Gasteiger charge is 2.10. The van der Waals surface area contributed by atoms with Crippen molar-refractivity contribution in [3.05, 3.63) is 70.2 Å². The summed E-state index contributed by atoms with van der Waals surface area (Å²) in [4.78, 5) is 12.3. The molecule has 132 valence electrons. The second-order valence-electron chi connectivity index (χ2n) is 5.21. The molecule has 2 aromatic carbocycles. The van der Waals surface area contributed by atoms with E-state index in [0.717, 1.165) is 0 Å². The van der Waals surface area contributed by atoms with Crippen molar-refractivity contribution in [3.63, 3.8) is 0 Å². The van der Waals surface area contributed by atoms with Gasteiger partial charge in [-0.25, -0.2) is 0 Å². The van der Waals surface area contributed by atoms with Gasteiger partial charge in [0.25, 0.3) is 5.91 Å². The minimum absolute atomic E-state index is 0.312. The predicted octanol–water partition coefficient (Wildman–Crippen LogP) is 4.79. The number of nitrogens with one attached hydrogen (secondary N) is 2. The molecule has 0 unspecified atom stereocenters. The molecule has 0 aliphatic heterocycles. The Balaban J connectivity index is 1.70. The fourth-order valence-electron chi connectivity index (χ4n) is 2.16. The number of ether oxygens (including phenoxy) is 1. The van der Waals surface area contributed by atoms with E-state index in [-0.39, 0.29) is 5.91 Å². The summed E-state index contributed by atoms with van der Waals surface area (Å²) in [5, 5.41) is 14.6. The summed E-state index contributed by atoms with van der Waals surface area (Å²) in [7, 11) is 1.54. The van der Waals surface area contributed by atoms with E-state index in [1.54, 1.807) is 61.7 Å². The summed E-state index contributed by atoms with van der Waals surface area (Å²) in [6.45, 7) is 0. The average molecular weight is 389 g/mol. The third-order valence-corrected chi connectivity index (χ3v) is 4.08. The van der Waals surface area contributed by atoms with Gasteiger partial charge in [-0.1, -0.05) is 35.3 Å². The number of nitrogens with zero attached hydrogens (tertiary/aromatic N) is 2. The number of anilines is 3. The van der Waals surface area contributed by atoms with Gasteiger partial charge in [0.1, 0.15) is 5.75 Å². The van der Waals surface area contributed by atoms with Crippen molar-refractivity contribution in [1.29, 1.82) is 0 Å². The normalized spacial score (nSPS) is 10.3. The molecule has 6 nitrogen and oxygen atoms in total. The third kappa shape index (κ3) is 4.22. The fourth-order valence-corrected chi connectivity index (χ4v) is 2.66. The lowest BCUT2D eigenvalue weighted by Crippen LogP contribution is -2.13. The molecule has 0 aliphatic carbocycles. The number of carbonyl (C=O) groups excluding carboxylic acids is 1. The van der Waals surface area contributed by atoms with Crippen molar-refractivity contribution < 1.29 is 9.53 Å². The quantitative estimate of drug-likeness (QED) is 0.656. The summed E-state index contributed by atoms with van der Waals surface area (Å²) >= 11 is 12.2. The van der Waals surface area contributed by atoms with Crippen LogP contribution in [0.4, 0.5) is 17.3 Å². The van der Waals surface area contributed by atoms with E-state index < -0.39 is 0 Å². The first-order valence-electron chi connectivity index (χ1n) is 7.57. The first-order chi connectivity index (χ1) is 12.6. The van der Waals surface area contributed by atoms with E-state index in [1.807, 2.05) is 0 Å². The molecule has 0 saturated heterocycles. The first-order valence-corrected chi connectivity index (χ1v) is 8.32. The van der Waals surface area contributed by atoms with Crippen LogP contribution >= 0.6 is 23.2 Å². The number of hydrogen-bond donors (Lipinski definition) is 2. The molecule has 8 heteroatoms. The Kier molecular flexibility index (Phi) is 5.55. The number of methoxy groups -OCH3 is 1.